The van der Waals surface area contributed by atoms with E-state index in [1.54, 1.807) is 0 Å². The van der Waals surface area contributed by atoms with E-state index < -0.39 is 0 Å². The van der Waals surface area contributed by atoms with Crippen LogP contribution in [0.4, 0.5) is 5.69 Å². The lowest BCUT2D eigenvalue weighted by Gasteiger charge is -2.29. The fraction of sp³-hybridized carbons (Fsp3) is 0.235. The van der Waals surface area contributed by atoms with Crippen LogP contribution in [0.2, 0.25) is 0 Å². The fourth-order valence-corrected chi connectivity index (χ4v) is 2.83. The lowest BCUT2D eigenvalue weighted by Crippen LogP contribution is -2.36. The Kier molecular flexibility index (Phi) is 3.62. The lowest BCUT2D eigenvalue weighted by atomic mass is 9.98. The first-order chi connectivity index (χ1) is 10.2. The van der Waals surface area contributed by atoms with E-state index in [-0.39, 0.29) is 5.91 Å². The average Bonchev–Trinajstić information content (AvgIpc) is 2.53. The van der Waals surface area contributed by atoms with Gasteiger partial charge in [0.1, 0.15) is 0 Å². The maximum atomic E-state index is 12.7. The number of nitrogens with two attached hydrogens (primary N) is 1. The summed E-state index contributed by atoms with van der Waals surface area (Å²) in [6.07, 6.45) is 0.920. The summed E-state index contributed by atoms with van der Waals surface area (Å²) in [6, 6.07) is 13.9. The molecule has 108 valence electrons. The molecule has 4 heteroatoms. The van der Waals surface area contributed by atoms with Gasteiger partial charge in [0.25, 0.3) is 5.91 Å². The number of benzene rings is 2. The van der Waals surface area contributed by atoms with E-state index in [0.717, 1.165) is 29.8 Å². The minimum absolute atomic E-state index is 0.0885. The van der Waals surface area contributed by atoms with Crippen molar-refractivity contribution in [1.29, 1.82) is 0 Å². The van der Waals surface area contributed by atoms with Crippen LogP contribution in [0.5, 0.6) is 0 Å². The molecule has 1 heterocycles. The fourth-order valence-electron chi connectivity index (χ4n) is 2.83. The van der Waals surface area contributed by atoms with Crippen molar-refractivity contribution in [3.05, 3.63) is 64.7 Å². The zero-order chi connectivity index (χ0) is 14.8. The number of anilines is 1. The SMILES string of the molecule is Cc1cc(NN)ccc1C(=O)N1CCc2ccccc2C1. The van der Waals surface area contributed by atoms with Gasteiger partial charge in [-0.3, -0.25) is 10.6 Å². The van der Waals surface area contributed by atoms with Gasteiger partial charge in [0.15, 0.2) is 0 Å². The third kappa shape index (κ3) is 2.62. The number of carbonyl (C=O) groups is 1. The molecule has 2 aromatic rings. The first-order valence-electron chi connectivity index (χ1n) is 7.12. The van der Waals surface area contributed by atoms with Crippen molar-refractivity contribution in [2.45, 2.75) is 19.9 Å². The highest BCUT2D eigenvalue weighted by molar-refractivity contribution is 5.96. The second-order valence-corrected chi connectivity index (χ2v) is 5.42. The van der Waals surface area contributed by atoms with Gasteiger partial charge < -0.3 is 10.3 Å². The number of nitrogens with zero attached hydrogens (tertiary/aromatic N) is 1. The first-order valence-corrected chi connectivity index (χ1v) is 7.12. The molecule has 2 aromatic carbocycles. The van der Waals surface area contributed by atoms with Crippen molar-refractivity contribution in [2.75, 3.05) is 12.0 Å². The normalized spacial score (nSPS) is 13.7. The van der Waals surface area contributed by atoms with E-state index in [1.165, 1.54) is 11.1 Å². The number of carbonyl (C=O) groups excluding carboxylic acids is 1. The number of fused-ring (bicyclic) bond motifs is 1. The molecular weight excluding hydrogens is 262 g/mol. The molecule has 3 rings (SSSR count). The summed E-state index contributed by atoms with van der Waals surface area (Å²) in [7, 11) is 0. The smallest absolute Gasteiger partial charge is 0.254 e. The largest absolute Gasteiger partial charge is 0.334 e. The summed E-state index contributed by atoms with van der Waals surface area (Å²) in [5, 5.41) is 0. The van der Waals surface area contributed by atoms with Crippen molar-refractivity contribution in [3.63, 3.8) is 0 Å². The van der Waals surface area contributed by atoms with Crippen LogP contribution in [-0.2, 0) is 13.0 Å². The van der Waals surface area contributed by atoms with Crippen molar-refractivity contribution >= 4 is 11.6 Å². The number of hydrogen-bond acceptors (Lipinski definition) is 3. The lowest BCUT2D eigenvalue weighted by molar-refractivity contribution is 0.0734. The van der Waals surface area contributed by atoms with Gasteiger partial charge in [0.2, 0.25) is 0 Å². The summed E-state index contributed by atoms with van der Waals surface area (Å²) in [5.41, 5.74) is 7.69. The molecule has 4 nitrogen and oxygen atoms in total. The topological polar surface area (TPSA) is 58.4 Å². The van der Waals surface area contributed by atoms with E-state index in [4.69, 9.17) is 5.84 Å². The minimum Gasteiger partial charge on any atom is -0.334 e. The number of rotatable bonds is 2. The van der Waals surface area contributed by atoms with Crippen molar-refractivity contribution in [3.8, 4) is 0 Å². The van der Waals surface area contributed by atoms with Gasteiger partial charge in [0, 0.05) is 24.3 Å². The Morgan fingerprint density at radius 2 is 1.95 bits per heavy atom. The number of hydrogen-bond donors (Lipinski definition) is 2. The van der Waals surface area contributed by atoms with Crippen LogP contribution in [0.25, 0.3) is 0 Å². The molecule has 0 saturated heterocycles. The van der Waals surface area contributed by atoms with Gasteiger partial charge in [-0.25, -0.2) is 0 Å². The Bertz CT molecular complexity index is 681. The molecule has 1 amide bonds. The van der Waals surface area contributed by atoms with Crippen LogP contribution in [0.15, 0.2) is 42.5 Å². The molecule has 0 aromatic heterocycles. The van der Waals surface area contributed by atoms with E-state index in [1.807, 2.05) is 36.1 Å². The average molecular weight is 281 g/mol. The Morgan fingerprint density at radius 3 is 2.67 bits per heavy atom. The molecule has 0 aliphatic carbocycles. The third-order valence-corrected chi connectivity index (χ3v) is 4.04. The minimum atomic E-state index is 0.0885. The van der Waals surface area contributed by atoms with Crippen molar-refractivity contribution < 1.29 is 4.79 Å². The third-order valence-electron chi connectivity index (χ3n) is 4.04. The number of aryl methyl sites for hydroxylation is 1. The highest BCUT2D eigenvalue weighted by atomic mass is 16.2. The van der Waals surface area contributed by atoms with E-state index >= 15 is 0 Å². The number of amides is 1. The Labute approximate surface area is 124 Å². The molecule has 21 heavy (non-hydrogen) atoms. The summed E-state index contributed by atoms with van der Waals surface area (Å²) in [5.74, 6) is 5.48. The molecule has 0 radical (unpaired) electrons. The maximum Gasteiger partial charge on any atom is 0.254 e. The van der Waals surface area contributed by atoms with Crippen molar-refractivity contribution in [2.24, 2.45) is 5.84 Å². The highest BCUT2D eigenvalue weighted by Gasteiger charge is 2.22. The number of hydrazine groups is 1. The van der Waals surface area contributed by atoms with Crippen LogP contribution in [0, 0.1) is 6.92 Å². The zero-order valence-electron chi connectivity index (χ0n) is 12.1. The van der Waals surface area contributed by atoms with E-state index in [9.17, 15) is 4.79 Å². The van der Waals surface area contributed by atoms with Crippen LogP contribution in [0.3, 0.4) is 0 Å². The van der Waals surface area contributed by atoms with E-state index in [2.05, 4.69) is 23.6 Å². The molecule has 1 aliphatic heterocycles. The van der Waals surface area contributed by atoms with Crippen LogP contribution in [-0.4, -0.2) is 17.4 Å². The maximum absolute atomic E-state index is 12.7. The summed E-state index contributed by atoms with van der Waals surface area (Å²) in [4.78, 5) is 14.6. The van der Waals surface area contributed by atoms with Crippen molar-refractivity contribution in [1.82, 2.24) is 4.90 Å². The molecule has 0 spiro atoms. The number of nitrogen functional groups attached to an aromatic ring is 1. The van der Waals surface area contributed by atoms with Gasteiger partial charge in [-0.05, 0) is 48.2 Å². The van der Waals surface area contributed by atoms with Crippen LogP contribution in [0.1, 0.15) is 27.0 Å². The van der Waals surface area contributed by atoms with Crippen LogP contribution < -0.4 is 11.3 Å². The molecule has 0 atom stereocenters. The molecule has 3 N–H and O–H groups in total. The van der Waals surface area contributed by atoms with Crippen LogP contribution >= 0.6 is 0 Å². The second-order valence-electron chi connectivity index (χ2n) is 5.42. The first kappa shape index (κ1) is 13.6. The summed E-state index contributed by atoms with van der Waals surface area (Å²) in [6.45, 7) is 3.39. The summed E-state index contributed by atoms with van der Waals surface area (Å²) >= 11 is 0. The van der Waals surface area contributed by atoms with Gasteiger partial charge >= 0.3 is 0 Å². The molecule has 0 unspecified atom stereocenters. The predicted octanol–water partition coefficient (Wildman–Crippen LogP) is 2.48. The Hall–Kier alpha value is -2.33. The van der Waals surface area contributed by atoms with Gasteiger partial charge in [-0.15, -0.1) is 0 Å². The second kappa shape index (κ2) is 5.58. The monoisotopic (exact) mass is 281 g/mol. The van der Waals surface area contributed by atoms with Gasteiger partial charge in [-0.1, -0.05) is 24.3 Å². The predicted molar refractivity (Wildman–Crippen MR) is 83.9 cm³/mol. The van der Waals surface area contributed by atoms with Gasteiger partial charge in [-0.2, -0.15) is 0 Å². The number of nitrogens with one attached hydrogen (secondary N) is 1. The molecular formula is C17H19N3O. The zero-order valence-corrected chi connectivity index (χ0v) is 12.1. The molecule has 0 bridgehead atoms. The standard InChI is InChI=1S/C17H19N3O/c1-12-10-15(19-18)6-7-16(12)17(21)20-9-8-13-4-2-3-5-14(13)11-20/h2-7,10,19H,8-9,11,18H2,1H3. The van der Waals surface area contributed by atoms with Gasteiger partial charge in [0.05, 0.1) is 0 Å². The molecule has 0 fully saturated rings. The van der Waals surface area contributed by atoms with E-state index in [0.29, 0.717) is 6.54 Å². The quantitative estimate of drug-likeness (QED) is 0.657. The Balaban J connectivity index is 1.84. The molecule has 0 saturated carbocycles. The summed E-state index contributed by atoms with van der Waals surface area (Å²) < 4.78 is 0. The Morgan fingerprint density at radius 1 is 1.19 bits per heavy atom. The molecule has 1 aliphatic rings. The highest BCUT2D eigenvalue weighted by Crippen LogP contribution is 2.22.